The Morgan fingerprint density at radius 2 is 1.26 bits per heavy atom. The highest BCUT2D eigenvalue weighted by atomic mass is 32.2. The summed E-state index contributed by atoms with van der Waals surface area (Å²) >= 11 is 2.01. The molecular weight excluding hydrogens is 394 g/mol. The Balaban J connectivity index is 1.72. The number of nitrogens with zero attached hydrogens (tertiary/aromatic N) is 1. The zero-order chi connectivity index (χ0) is 21.9. The predicted octanol–water partition coefficient (Wildman–Crippen LogP) is 9.73. The Bertz CT molecular complexity index is 797. The third-order valence-corrected chi connectivity index (χ3v) is 7.94. The number of hydrogen-bond acceptors (Lipinski definition) is 2. The van der Waals surface area contributed by atoms with Crippen LogP contribution in [0.25, 0.3) is 0 Å². The maximum Gasteiger partial charge on any atom is 0.0553 e. The Morgan fingerprint density at radius 3 is 1.97 bits per heavy atom. The van der Waals surface area contributed by atoms with Crippen LogP contribution in [-0.2, 0) is 12.8 Å². The quantitative estimate of drug-likeness (QED) is 0.270. The van der Waals surface area contributed by atoms with Crippen molar-refractivity contribution in [3.63, 3.8) is 0 Å². The summed E-state index contributed by atoms with van der Waals surface area (Å²) in [5, 5.41) is 0. The molecule has 0 saturated heterocycles. The van der Waals surface area contributed by atoms with Gasteiger partial charge in [-0.3, -0.25) is 0 Å². The number of aryl methyl sites for hydroxylation is 1. The van der Waals surface area contributed by atoms with Gasteiger partial charge in [-0.25, -0.2) is 0 Å². The lowest BCUT2D eigenvalue weighted by atomic mass is 9.95. The summed E-state index contributed by atoms with van der Waals surface area (Å²) < 4.78 is 0. The van der Waals surface area contributed by atoms with Crippen molar-refractivity contribution in [2.24, 2.45) is 0 Å². The molecule has 1 nitrogen and oxygen atoms in total. The molecule has 2 heteroatoms. The number of para-hydroxylation sites is 1. The van der Waals surface area contributed by atoms with Gasteiger partial charge in [0, 0.05) is 16.8 Å². The second-order valence-corrected chi connectivity index (χ2v) is 10.3. The fourth-order valence-electron chi connectivity index (χ4n) is 4.78. The van der Waals surface area contributed by atoms with Crippen LogP contribution in [0.2, 0.25) is 0 Å². The molecule has 0 spiro atoms. The molecule has 1 aliphatic rings. The topological polar surface area (TPSA) is 3.24 Å². The molecule has 0 amide bonds. The van der Waals surface area contributed by atoms with E-state index < -0.39 is 0 Å². The number of anilines is 2. The third kappa shape index (κ3) is 6.78. The second kappa shape index (κ2) is 13.2. The number of hydrogen-bond donors (Lipinski definition) is 0. The average molecular weight is 438 g/mol. The summed E-state index contributed by atoms with van der Waals surface area (Å²) in [6.07, 6.45) is 18.9. The van der Waals surface area contributed by atoms with Gasteiger partial charge >= 0.3 is 0 Å². The van der Waals surface area contributed by atoms with Crippen molar-refractivity contribution in [1.82, 2.24) is 0 Å². The summed E-state index contributed by atoms with van der Waals surface area (Å²) in [6.45, 7) is 4.60. The first-order valence-corrected chi connectivity index (χ1v) is 13.7. The van der Waals surface area contributed by atoms with Crippen LogP contribution in [0.1, 0.15) is 102 Å². The van der Waals surface area contributed by atoms with Crippen molar-refractivity contribution in [3.05, 3.63) is 47.5 Å². The minimum atomic E-state index is 1.24. The monoisotopic (exact) mass is 437 g/mol. The van der Waals surface area contributed by atoms with Crippen LogP contribution in [0, 0.1) is 0 Å². The van der Waals surface area contributed by atoms with Crippen molar-refractivity contribution in [2.45, 2.75) is 114 Å². The molecular formula is C29H43NS. The average Bonchev–Trinajstić information content (AvgIpc) is 2.79. The van der Waals surface area contributed by atoms with E-state index in [0.717, 1.165) is 0 Å². The largest absolute Gasteiger partial charge is 0.343 e. The highest BCUT2D eigenvalue weighted by Crippen LogP contribution is 2.49. The molecule has 3 rings (SSSR count). The molecule has 31 heavy (non-hydrogen) atoms. The van der Waals surface area contributed by atoms with Gasteiger partial charge in [0.25, 0.3) is 0 Å². The first-order chi connectivity index (χ1) is 15.3. The lowest BCUT2D eigenvalue weighted by Gasteiger charge is -2.32. The molecule has 0 aliphatic carbocycles. The van der Waals surface area contributed by atoms with E-state index in [-0.39, 0.29) is 0 Å². The lowest BCUT2D eigenvalue weighted by molar-refractivity contribution is 0.597. The summed E-state index contributed by atoms with van der Waals surface area (Å²) in [5.74, 6) is 0. The molecule has 0 bridgehead atoms. The van der Waals surface area contributed by atoms with Gasteiger partial charge in [-0.1, -0.05) is 108 Å². The summed E-state index contributed by atoms with van der Waals surface area (Å²) in [7, 11) is 2.24. The molecule has 0 unspecified atom stereocenters. The van der Waals surface area contributed by atoms with Crippen molar-refractivity contribution >= 4 is 23.1 Å². The molecule has 0 radical (unpaired) electrons. The number of rotatable bonds is 14. The zero-order valence-corrected chi connectivity index (χ0v) is 21.0. The molecule has 2 aromatic carbocycles. The van der Waals surface area contributed by atoms with E-state index in [2.05, 4.69) is 62.2 Å². The molecule has 0 fully saturated rings. The number of benzene rings is 2. The molecule has 2 aromatic rings. The number of unbranched alkanes of at least 4 members (excludes halogenated alkanes) is 10. The van der Waals surface area contributed by atoms with Crippen LogP contribution in [0.5, 0.6) is 0 Å². The first-order valence-electron chi connectivity index (χ1n) is 12.9. The van der Waals surface area contributed by atoms with E-state index >= 15 is 0 Å². The molecule has 0 saturated carbocycles. The maximum absolute atomic E-state index is 2.45. The van der Waals surface area contributed by atoms with E-state index in [0.29, 0.717) is 0 Å². The van der Waals surface area contributed by atoms with Crippen LogP contribution < -0.4 is 4.90 Å². The molecule has 0 aromatic heterocycles. The Hall–Kier alpha value is -1.41. The van der Waals surface area contributed by atoms with Crippen LogP contribution in [0.15, 0.2) is 46.2 Å². The third-order valence-electron chi connectivity index (χ3n) is 6.72. The molecule has 0 atom stereocenters. The van der Waals surface area contributed by atoms with E-state index in [4.69, 9.17) is 0 Å². The van der Waals surface area contributed by atoms with Gasteiger partial charge in [0.05, 0.1) is 11.4 Å². The lowest BCUT2D eigenvalue weighted by Crippen LogP contribution is -2.16. The maximum atomic E-state index is 2.45. The fraction of sp³-hybridized carbons (Fsp3) is 0.586. The highest BCUT2D eigenvalue weighted by molar-refractivity contribution is 7.99. The van der Waals surface area contributed by atoms with Crippen LogP contribution in [-0.4, -0.2) is 7.05 Å². The van der Waals surface area contributed by atoms with Crippen LogP contribution in [0.3, 0.4) is 0 Å². The summed E-state index contributed by atoms with van der Waals surface area (Å²) in [6, 6.07) is 13.7. The molecule has 170 valence electrons. The second-order valence-electron chi connectivity index (χ2n) is 9.22. The minimum Gasteiger partial charge on any atom is -0.343 e. The number of fused-ring (bicyclic) bond motifs is 2. The molecule has 1 heterocycles. The summed E-state index contributed by atoms with van der Waals surface area (Å²) in [4.78, 5) is 5.33. The normalized spacial score (nSPS) is 12.7. The van der Waals surface area contributed by atoms with Crippen molar-refractivity contribution < 1.29 is 0 Å². The van der Waals surface area contributed by atoms with Crippen LogP contribution >= 0.6 is 11.8 Å². The van der Waals surface area contributed by atoms with Gasteiger partial charge in [-0.05, 0) is 55.0 Å². The minimum absolute atomic E-state index is 1.24. The van der Waals surface area contributed by atoms with Gasteiger partial charge < -0.3 is 4.90 Å². The van der Waals surface area contributed by atoms with Gasteiger partial charge in [-0.2, -0.15) is 0 Å². The zero-order valence-electron chi connectivity index (χ0n) is 20.2. The van der Waals surface area contributed by atoms with Gasteiger partial charge in [-0.15, -0.1) is 0 Å². The van der Waals surface area contributed by atoms with Crippen LogP contribution in [0.4, 0.5) is 11.4 Å². The first kappa shape index (κ1) is 24.2. The SMILES string of the molecule is CCCCCCCCc1ccc2c(c1CCCCCCCC)Sc1ccccc1N2C. The molecule has 0 N–H and O–H groups in total. The Kier molecular flexibility index (Phi) is 10.3. The van der Waals surface area contributed by atoms with Gasteiger partial charge in [0.1, 0.15) is 0 Å². The van der Waals surface area contributed by atoms with Crippen molar-refractivity contribution in [1.29, 1.82) is 0 Å². The predicted molar refractivity (Wildman–Crippen MR) is 139 cm³/mol. The Morgan fingerprint density at radius 1 is 0.645 bits per heavy atom. The van der Waals surface area contributed by atoms with Crippen molar-refractivity contribution in [3.8, 4) is 0 Å². The van der Waals surface area contributed by atoms with Gasteiger partial charge in [0.2, 0.25) is 0 Å². The fourth-order valence-corrected chi connectivity index (χ4v) is 6.12. The standard InChI is InChI=1S/C29H43NS/c1-4-6-8-10-12-14-18-24-22-23-27-29(25(24)19-15-13-11-9-7-5-2)31-28-21-17-16-20-26(28)30(27)3/h16-17,20-23H,4-15,18-19H2,1-3H3. The van der Waals surface area contributed by atoms with E-state index in [1.807, 2.05) is 11.8 Å². The van der Waals surface area contributed by atoms with E-state index in [1.54, 1.807) is 11.1 Å². The molecule has 1 aliphatic heterocycles. The summed E-state index contributed by atoms with van der Waals surface area (Å²) in [5.41, 5.74) is 6.00. The van der Waals surface area contributed by atoms with Crippen molar-refractivity contribution in [2.75, 3.05) is 11.9 Å². The van der Waals surface area contributed by atoms with E-state index in [9.17, 15) is 0 Å². The van der Waals surface area contributed by atoms with Gasteiger partial charge in [0.15, 0.2) is 0 Å². The smallest absolute Gasteiger partial charge is 0.0553 e. The Labute approximate surface area is 196 Å². The highest BCUT2D eigenvalue weighted by Gasteiger charge is 2.24. The van der Waals surface area contributed by atoms with E-state index in [1.165, 1.54) is 111 Å².